The SMILES string of the molecule is Cc1cnc(SCc2ccc(N)c([N+](=O)[O-])c2)nc1. The molecule has 2 rings (SSSR count). The van der Waals surface area contributed by atoms with Crippen LogP contribution in [0.2, 0.25) is 0 Å². The van der Waals surface area contributed by atoms with Crippen LogP contribution in [0.1, 0.15) is 11.1 Å². The molecule has 0 fully saturated rings. The molecule has 6 nitrogen and oxygen atoms in total. The highest BCUT2D eigenvalue weighted by Gasteiger charge is 2.12. The summed E-state index contributed by atoms with van der Waals surface area (Å²) >= 11 is 1.42. The molecule has 0 bridgehead atoms. The summed E-state index contributed by atoms with van der Waals surface area (Å²) in [6.07, 6.45) is 3.47. The quantitative estimate of drug-likeness (QED) is 0.303. The Hall–Kier alpha value is -2.15. The van der Waals surface area contributed by atoms with Gasteiger partial charge in [0.2, 0.25) is 0 Å². The van der Waals surface area contributed by atoms with Gasteiger partial charge in [-0.1, -0.05) is 17.8 Å². The van der Waals surface area contributed by atoms with E-state index >= 15 is 0 Å². The Morgan fingerprint density at radius 2 is 2.05 bits per heavy atom. The van der Waals surface area contributed by atoms with Crippen LogP contribution in [-0.2, 0) is 5.75 Å². The number of nitrogen functional groups attached to an aromatic ring is 1. The van der Waals surface area contributed by atoms with Gasteiger partial charge in [0, 0.05) is 24.2 Å². The van der Waals surface area contributed by atoms with E-state index in [9.17, 15) is 10.1 Å². The molecule has 1 heterocycles. The molecule has 19 heavy (non-hydrogen) atoms. The highest BCUT2D eigenvalue weighted by molar-refractivity contribution is 7.98. The Labute approximate surface area is 114 Å². The number of nitrogens with two attached hydrogens (primary N) is 1. The van der Waals surface area contributed by atoms with Crippen LogP contribution < -0.4 is 5.73 Å². The van der Waals surface area contributed by atoms with Crippen LogP contribution in [-0.4, -0.2) is 14.9 Å². The lowest BCUT2D eigenvalue weighted by Gasteiger charge is -2.03. The van der Waals surface area contributed by atoms with Crippen LogP contribution >= 0.6 is 11.8 Å². The Balaban J connectivity index is 2.09. The van der Waals surface area contributed by atoms with Crippen molar-refractivity contribution in [3.8, 4) is 0 Å². The van der Waals surface area contributed by atoms with Gasteiger partial charge in [0.1, 0.15) is 5.69 Å². The molecular formula is C12H12N4O2S. The average Bonchev–Trinajstić information content (AvgIpc) is 2.39. The summed E-state index contributed by atoms with van der Waals surface area (Å²) in [4.78, 5) is 18.6. The van der Waals surface area contributed by atoms with Crippen molar-refractivity contribution in [2.24, 2.45) is 0 Å². The van der Waals surface area contributed by atoms with Crippen molar-refractivity contribution in [1.82, 2.24) is 9.97 Å². The number of aromatic nitrogens is 2. The highest BCUT2D eigenvalue weighted by atomic mass is 32.2. The van der Waals surface area contributed by atoms with Gasteiger partial charge in [-0.2, -0.15) is 0 Å². The molecule has 0 amide bonds. The minimum atomic E-state index is -0.480. The van der Waals surface area contributed by atoms with Crippen molar-refractivity contribution in [3.63, 3.8) is 0 Å². The highest BCUT2D eigenvalue weighted by Crippen LogP contribution is 2.26. The summed E-state index contributed by atoms with van der Waals surface area (Å²) in [5, 5.41) is 11.4. The zero-order valence-corrected chi connectivity index (χ0v) is 11.1. The number of benzene rings is 1. The number of anilines is 1. The third-order valence-corrected chi connectivity index (χ3v) is 3.36. The molecule has 0 aliphatic rings. The van der Waals surface area contributed by atoms with Crippen LogP contribution in [0.5, 0.6) is 0 Å². The first-order chi connectivity index (χ1) is 9.06. The molecule has 7 heteroatoms. The van der Waals surface area contributed by atoms with Crippen LogP contribution in [0, 0.1) is 17.0 Å². The monoisotopic (exact) mass is 276 g/mol. The van der Waals surface area contributed by atoms with Gasteiger partial charge in [-0.25, -0.2) is 9.97 Å². The Kier molecular flexibility index (Phi) is 3.96. The number of thioether (sulfide) groups is 1. The van der Waals surface area contributed by atoms with Crippen molar-refractivity contribution in [2.75, 3.05) is 5.73 Å². The first-order valence-corrected chi connectivity index (χ1v) is 6.49. The van der Waals surface area contributed by atoms with Crippen molar-refractivity contribution in [3.05, 3.63) is 51.8 Å². The van der Waals surface area contributed by atoms with E-state index in [4.69, 9.17) is 5.73 Å². The van der Waals surface area contributed by atoms with Gasteiger partial charge in [0.05, 0.1) is 4.92 Å². The largest absolute Gasteiger partial charge is 0.393 e. The summed E-state index contributed by atoms with van der Waals surface area (Å²) in [5.41, 5.74) is 7.45. The van der Waals surface area contributed by atoms with Crippen molar-refractivity contribution in [1.29, 1.82) is 0 Å². The molecule has 1 aromatic carbocycles. The first-order valence-electron chi connectivity index (χ1n) is 5.50. The van der Waals surface area contributed by atoms with Crippen molar-refractivity contribution < 1.29 is 4.92 Å². The summed E-state index contributed by atoms with van der Waals surface area (Å²) in [5.74, 6) is 0.560. The minimum absolute atomic E-state index is 0.0667. The lowest BCUT2D eigenvalue weighted by molar-refractivity contribution is -0.383. The number of hydrogen-bond donors (Lipinski definition) is 1. The Bertz CT molecular complexity index is 601. The first kappa shape index (κ1) is 13.3. The average molecular weight is 276 g/mol. The molecule has 1 aromatic heterocycles. The van der Waals surface area contributed by atoms with E-state index < -0.39 is 4.92 Å². The second-order valence-electron chi connectivity index (χ2n) is 3.98. The van der Waals surface area contributed by atoms with E-state index in [1.165, 1.54) is 17.8 Å². The van der Waals surface area contributed by atoms with Crippen LogP contribution in [0.4, 0.5) is 11.4 Å². The topological polar surface area (TPSA) is 94.9 Å². The van der Waals surface area contributed by atoms with Gasteiger partial charge >= 0.3 is 0 Å². The van der Waals surface area contributed by atoms with Gasteiger partial charge in [0.25, 0.3) is 5.69 Å². The second kappa shape index (κ2) is 5.66. The lowest BCUT2D eigenvalue weighted by Crippen LogP contribution is -1.96. The number of nitrogens with zero attached hydrogens (tertiary/aromatic N) is 3. The van der Waals surface area contributed by atoms with Gasteiger partial charge in [-0.15, -0.1) is 0 Å². The van der Waals surface area contributed by atoms with Gasteiger partial charge in [0.15, 0.2) is 5.16 Å². The van der Waals surface area contributed by atoms with Crippen molar-refractivity contribution in [2.45, 2.75) is 17.8 Å². The maximum absolute atomic E-state index is 10.8. The molecule has 0 radical (unpaired) electrons. The Morgan fingerprint density at radius 1 is 1.37 bits per heavy atom. The number of rotatable bonds is 4. The maximum atomic E-state index is 10.8. The standard InChI is InChI=1S/C12H12N4O2S/c1-8-5-14-12(15-6-8)19-7-9-2-3-10(13)11(4-9)16(17)18/h2-6H,7,13H2,1H3. The maximum Gasteiger partial charge on any atom is 0.292 e. The van der Waals surface area contributed by atoms with E-state index in [2.05, 4.69) is 9.97 Å². The fourth-order valence-electron chi connectivity index (χ4n) is 1.44. The number of aryl methyl sites for hydroxylation is 1. The molecule has 0 saturated carbocycles. The second-order valence-corrected chi connectivity index (χ2v) is 4.92. The molecule has 0 aliphatic carbocycles. The molecule has 0 spiro atoms. The van der Waals surface area contributed by atoms with E-state index in [1.54, 1.807) is 24.5 Å². The van der Waals surface area contributed by atoms with Crippen LogP contribution in [0.25, 0.3) is 0 Å². The summed E-state index contributed by atoms with van der Waals surface area (Å²) in [7, 11) is 0. The van der Waals surface area contributed by atoms with Crippen molar-refractivity contribution >= 4 is 23.1 Å². The third kappa shape index (κ3) is 3.41. The van der Waals surface area contributed by atoms with Crippen LogP contribution in [0.3, 0.4) is 0 Å². The van der Waals surface area contributed by atoms with Crippen LogP contribution in [0.15, 0.2) is 35.7 Å². The fraction of sp³-hybridized carbons (Fsp3) is 0.167. The molecule has 98 valence electrons. The molecule has 2 aromatic rings. The third-order valence-electron chi connectivity index (χ3n) is 2.42. The number of nitro benzene ring substituents is 1. The lowest BCUT2D eigenvalue weighted by atomic mass is 10.2. The van der Waals surface area contributed by atoms with E-state index in [0.29, 0.717) is 10.9 Å². The zero-order chi connectivity index (χ0) is 13.8. The van der Waals surface area contributed by atoms with Gasteiger partial charge in [-0.3, -0.25) is 10.1 Å². The van der Waals surface area contributed by atoms with E-state index in [0.717, 1.165) is 11.1 Å². The smallest absolute Gasteiger partial charge is 0.292 e. The number of nitro groups is 1. The molecule has 0 atom stereocenters. The number of hydrogen-bond acceptors (Lipinski definition) is 6. The molecule has 0 saturated heterocycles. The van der Waals surface area contributed by atoms with Gasteiger partial charge in [-0.05, 0) is 24.1 Å². The molecular weight excluding hydrogens is 264 g/mol. The predicted molar refractivity (Wildman–Crippen MR) is 73.8 cm³/mol. The molecule has 0 unspecified atom stereocenters. The zero-order valence-electron chi connectivity index (χ0n) is 10.2. The fourth-order valence-corrected chi connectivity index (χ4v) is 2.17. The molecule has 2 N–H and O–H groups in total. The van der Waals surface area contributed by atoms with E-state index in [1.807, 2.05) is 6.92 Å². The summed E-state index contributed by atoms with van der Waals surface area (Å²) in [6, 6.07) is 4.80. The van der Waals surface area contributed by atoms with Gasteiger partial charge < -0.3 is 5.73 Å². The normalized spacial score (nSPS) is 10.4. The summed E-state index contributed by atoms with van der Waals surface area (Å²) < 4.78 is 0. The molecule has 0 aliphatic heterocycles. The summed E-state index contributed by atoms with van der Waals surface area (Å²) in [6.45, 7) is 1.91. The predicted octanol–water partition coefficient (Wildman–Crippen LogP) is 2.57. The van der Waals surface area contributed by atoms with E-state index in [-0.39, 0.29) is 11.4 Å². The Morgan fingerprint density at radius 3 is 2.68 bits per heavy atom. The minimum Gasteiger partial charge on any atom is -0.393 e.